The van der Waals surface area contributed by atoms with E-state index in [2.05, 4.69) is 28.9 Å². The molecular formula is C13H26N2S. The smallest absolute Gasteiger partial charge is 0.0186 e. The average Bonchev–Trinajstić information content (AvgIpc) is 2.38. The Balaban J connectivity index is 1.67. The molecule has 0 aromatic heterocycles. The maximum absolute atomic E-state index is 3.66. The molecular weight excluding hydrogens is 216 g/mol. The number of likely N-dealkylation sites (tertiary alicyclic amines) is 1. The van der Waals surface area contributed by atoms with E-state index in [9.17, 15) is 0 Å². The summed E-state index contributed by atoms with van der Waals surface area (Å²) in [6.45, 7) is 6.10. The molecule has 0 bridgehead atoms. The van der Waals surface area contributed by atoms with Crippen molar-refractivity contribution in [3.8, 4) is 0 Å². The van der Waals surface area contributed by atoms with Gasteiger partial charge in [0.25, 0.3) is 0 Å². The van der Waals surface area contributed by atoms with Gasteiger partial charge in [-0.2, -0.15) is 11.8 Å². The van der Waals surface area contributed by atoms with Crippen LogP contribution in [0.15, 0.2) is 0 Å². The Hall–Kier alpha value is 0.270. The van der Waals surface area contributed by atoms with Crippen LogP contribution in [0.3, 0.4) is 0 Å². The first-order valence-electron chi connectivity index (χ1n) is 6.95. The number of hydrogen-bond acceptors (Lipinski definition) is 3. The number of piperidine rings is 1. The summed E-state index contributed by atoms with van der Waals surface area (Å²) >= 11 is 2.15. The summed E-state index contributed by atoms with van der Waals surface area (Å²) in [5, 5.41) is 3.66. The van der Waals surface area contributed by atoms with Crippen LogP contribution >= 0.6 is 11.8 Å². The highest BCUT2D eigenvalue weighted by Gasteiger charge is 2.25. The number of thioether (sulfide) groups is 1. The standard InChI is InChI=1S/C13H26N2S/c1-2-7-14-12-5-8-15(9-6-12)13-4-3-10-16-11-13/h12-14H,2-11H2,1H3. The Kier molecular flexibility index (Phi) is 5.46. The fourth-order valence-electron chi connectivity index (χ4n) is 2.83. The maximum Gasteiger partial charge on any atom is 0.0186 e. The molecule has 2 rings (SSSR count). The second-order valence-corrected chi connectivity index (χ2v) is 6.29. The molecule has 0 spiro atoms. The van der Waals surface area contributed by atoms with Crippen molar-refractivity contribution in [2.75, 3.05) is 31.1 Å². The first-order chi connectivity index (χ1) is 7.90. The molecule has 0 aliphatic carbocycles. The average molecular weight is 242 g/mol. The zero-order chi connectivity index (χ0) is 11.2. The molecule has 16 heavy (non-hydrogen) atoms. The molecule has 0 aromatic rings. The van der Waals surface area contributed by atoms with Crippen molar-refractivity contribution in [2.45, 2.75) is 51.1 Å². The van der Waals surface area contributed by atoms with Crippen molar-refractivity contribution in [1.29, 1.82) is 0 Å². The van der Waals surface area contributed by atoms with Crippen molar-refractivity contribution in [2.24, 2.45) is 0 Å². The summed E-state index contributed by atoms with van der Waals surface area (Å²) in [5.41, 5.74) is 0. The van der Waals surface area contributed by atoms with Crippen LogP contribution in [0.25, 0.3) is 0 Å². The number of hydrogen-bond donors (Lipinski definition) is 1. The van der Waals surface area contributed by atoms with Gasteiger partial charge >= 0.3 is 0 Å². The highest BCUT2D eigenvalue weighted by atomic mass is 32.2. The van der Waals surface area contributed by atoms with Gasteiger partial charge in [0.1, 0.15) is 0 Å². The van der Waals surface area contributed by atoms with Gasteiger partial charge in [-0.05, 0) is 57.5 Å². The van der Waals surface area contributed by atoms with E-state index in [1.807, 2.05) is 0 Å². The Morgan fingerprint density at radius 3 is 2.69 bits per heavy atom. The molecule has 1 N–H and O–H groups in total. The third-order valence-electron chi connectivity index (χ3n) is 3.87. The molecule has 0 radical (unpaired) electrons. The molecule has 0 aromatic carbocycles. The monoisotopic (exact) mass is 242 g/mol. The van der Waals surface area contributed by atoms with Gasteiger partial charge in [-0.25, -0.2) is 0 Å². The first kappa shape index (κ1) is 12.7. The number of nitrogens with one attached hydrogen (secondary N) is 1. The van der Waals surface area contributed by atoms with Gasteiger partial charge in [-0.15, -0.1) is 0 Å². The van der Waals surface area contributed by atoms with Gasteiger partial charge in [0.05, 0.1) is 0 Å². The highest BCUT2D eigenvalue weighted by molar-refractivity contribution is 7.99. The summed E-state index contributed by atoms with van der Waals surface area (Å²) in [6, 6.07) is 1.69. The maximum atomic E-state index is 3.66. The second kappa shape index (κ2) is 6.87. The molecule has 1 atom stereocenters. The van der Waals surface area contributed by atoms with Crippen LogP contribution in [0.2, 0.25) is 0 Å². The highest BCUT2D eigenvalue weighted by Crippen LogP contribution is 2.24. The summed E-state index contributed by atoms with van der Waals surface area (Å²) in [6.07, 6.45) is 6.87. The molecule has 1 unspecified atom stereocenters. The van der Waals surface area contributed by atoms with Gasteiger partial charge in [-0.3, -0.25) is 4.90 Å². The lowest BCUT2D eigenvalue weighted by Gasteiger charge is -2.39. The van der Waals surface area contributed by atoms with Gasteiger partial charge < -0.3 is 5.32 Å². The van der Waals surface area contributed by atoms with Gasteiger partial charge in [0.15, 0.2) is 0 Å². The van der Waals surface area contributed by atoms with Crippen molar-refractivity contribution >= 4 is 11.8 Å². The molecule has 0 amide bonds. The lowest BCUT2D eigenvalue weighted by Crippen LogP contribution is -2.48. The van der Waals surface area contributed by atoms with Gasteiger partial charge in [0.2, 0.25) is 0 Å². The van der Waals surface area contributed by atoms with E-state index in [1.165, 1.54) is 63.2 Å². The molecule has 2 heterocycles. The molecule has 2 nitrogen and oxygen atoms in total. The van der Waals surface area contributed by atoms with Crippen molar-refractivity contribution in [1.82, 2.24) is 10.2 Å². The largest absolute Gasteiger partial charge is 0.314 e. The summed E-state index contributed by atoms with van der Waals surface area (Å²) < 4.78 is 0. The third-order valence-corrected chi connectivity index (χ3v) is 5.06. The number of rotatable bonds is 4. The Morgan fingerprint density at radius 2 is 2.06 bits per heavy atom. The van der Waals surface area contributed by atoms with Gasteiger partial charge in [-0.1, -0.05) is 6.92 Å². The van der Waals surface area contributed by atoms with E-state index in [0.717, 1.165) is 12.1 Å². The molecule has 2 fully saturated rings. The van der Waals surface area contributed by atoms with Crippen LogP contribution in [0.4, 0.5) is 0 Å². The SMILES string of the molecule is CCCNC1CCN(C2CCCSC2)CC1. The van der Waals surface area contributed by atoms with Crippen molar-refractivity contribution in [3.63, 3.8) is 0 Å². The van der Waals surface area contributed by atoms with E-state index in [-0.39, 0.29) is 0 Å². The van der Waals surface area contributed by atoms with Crippen LogP contribution in [0, 0.1) is 0 Å². The quantitative estimate of drug-likeness (QED) is 0.815. The van der Waals surface area contributed by atoms with E-state index >= 15 is 0 Å². The summed E-state index contributed by atoms with van der Waals surface area (Å²) in [5.74, 6) is 2.78. The topological polar surface area (TPSA) is 15.3 Å². The minimum Gasteiger partial charge on any atom is -0.314 e. The zero-order valence-electron chi connectivity index (χ0n) is 10.6. The lowest BCUT2D eigenvalue weighted by atomic mass is 10.0. The number of nitrogens with zero attached hydrogens (tertiary/aromatic N) is 1. The predicted octanol–water partition coefficient (Wildman–Crippen LogP) is 2.35. The van der Waals surface area contributed by atoms with Crippen molar-refractivity contribution in [3.05, 3.63) is 0 Å². The summed E-state index contributed by atoms with van der Waals surface area (Å²) in [7, 11) is 0. The Morgan fingerprint density at radius 1 is 1.25 bits per heavy atom. The van der Waals surface area contributed by atoms with Crippen LogP contribution in [-0.2, 0) is 0 Å². The molecule has 2 aliphatic heterocycles. The minimum atomic E-state index is 0.799. The molecule has 0 saturated carbocycles. The lowest BCUT2D eigenvalue weighted by molar-refractivity contribution is 0.147. The zero-order valence-corrected chi connectivity index (χ0v) is 11.4. The van der Waals surface area contributed by atoms with E-state index in [0.29, 0.717) is 0 Å². The fourth-order valence-corrected chi connectivity index (χ4v) is 4.02. The minimum absolute atomic E-state index is 0.799. The first-order valence-corrected chi connectivity index (χ1v) is 8.11. The molecule has 2 aliphatic rings. The second-order valence-electron chi connectivity index (χ2n) is 5.14. The molecule has 2 saturated heterocycles. The van der Waals surface area contributed by atoms with E-state index in [4.69, 9.17) is 0 Å². The van der Waals surface area contributed by atoms with Crippen LogP contribution in [0.5, 0.6) is 0 Å². The van der Waals surface area contributed by atoms with Crippen LogP contribution < -0.4 is 5.32 Å². The van der Waals surface area contributed by atoms with E-state index < -0.39 is 0 Å². The predicted molar refractivity (Wildman–Crippen MR) is 73.2 cm³/mol. The molecule has 94 valence electrons. The van der Waals surface area contributed by atoms with Crippen molar-refractivity contribution < 1.29 is 0 Å². The molecule has 3 heteroatoms. The Bertz CT molecular complexity index is 184. The third kappa shape index (κ3) is 3.64. The Labute approximate surface area is 105 Å². The summed E-state index contributed by atoms with van der Waals surface area (Å²) in [4.78, 5) is 2.75. The van der Waals surface area contributed by atoms with Crippen LogP contribution in [0.1, 0.15) is 39.0 Å². The van der Waals surface area contributed by atoms with Gasteiger partial charge in [0, 0.05) is 17.8 Å². The normalized spacial score (nSPS) is 29.4. The fraction of sp³-hybridized carbons (Fsp3) is 1.00. The van der Waals surface area contributed by atoms with Crippen LogP contribution in [-0.4, -0.2) is 48.1 Å². The van der Waals surface area contributed by atoms with E-state index in [1.54, 1.807) is 0 Å².